The Morgan fingerprint density at radius 1 is 0.373 bits per heavy atom. The molecule has 0 aliphatic heterocycles. The van der Waals surface area contributed by atoms with Gasteiger partial charge < -0.3 is 9.13 Å². The van der Waals surface area contributed by atoms with Crippen LogP contribution in [-0.2, 0) is 6.18 Å². The van der Waals surface area contributed by atoms with Crippen LogP contribution in [0.25, 0.3) is 111 Å². The number of fused-ring (bicyclic) bond motifs is 6. The molecule has 3 aromatic heterocycles. The third kappa shape index (κ3) is 6.93. The summed E-state index contributed by atoms with van der Waals surface area (Å²) in [7, 11) is 0. The molecule has 0 fully saturated rings. The van der Waals surface area contributed by atoms with Crippen molar-refractivity contribution in [3.8, 4) is 67.8 Å². The lowest BCUT2D eigenvalue weighted by Crippen LogP contribution is -2.05. The molecule has 0 aliphatic rings. The summed E-state index contributed by atoms with van der Waals surface area (Å²) in [5, 5.41) is 4.15. The van der Waals surface area contributed by atoms with E-state index >= 15 is 0 Å². The molecule has 0 N–H and O–H groups in total. The number of para-hydroxylation sites is 4. The van der Waals surface area contributed by atoms with Crippen LogP contribution in [0.2, 0.25) is 0 Å². The van der Waals surface area contributed by atoms with Gasteiger partial charge in [0.15, 0.2) is 17.5 Å². The monoisotopic (exact) mass is 873 g/mol. The zero-order chi connectivity index (χ0) is 45.2. The molecule has 8 heteroatoms. The molecule has 0 unspecified atom stereocenters. The van der Waals surface area contributed by atoms with Gasteiger partial charge in [-0.1, -0.05) is 152 Å². The number of alkyl halides is 3. The van der Waals surface area contributed by atoms with Crippen LogP contribution in [0.5, 0.6) is 0 Å². The molecule has 12 aromatic rings. The average molecular weight is 874 g/mol. The largest absolute Gasteiger partial charge is 0.416 e. The molecule has 0 saturated carbocycles. The van der Waals surface area contributed by atoms with Crippen molar-refractivity contribution in [2.45, 2.75) is 13.1 Å². The van der Waals surface area contributed by atoms with Gasteiger partial charge in [0.1, 0.15) is 0 Å². The first kappa shape index (κ1) is 39.9. The molecule has 3 heterocycles. The van der Waals surface area contributed by atoms with E-state index in [1.165, 1.54) is 12.1 Å². The van der Waals surface area contributed by atoms with Crippen molar-refractivity contribution in [1.82, 2.24) is 24.1 Å². The quantitative estimate of drug-likeness (QED) is 0.160. The van der Waals surface area contributed by atoms with Crippen molar-refractivity contribution in [1.29, 1.82) is 0 Å². The molecule has 0 atom stereocenters. The maximum absolute atomic E-state index is 14.1. The van der Waals surface area contributed by atoms with Crippen molar-refractivity contribution in [3.05, 3.63) is 223 Å². The molecule has 12 rings (SSSR count). The van der Waals surface area contributed by atoms with E-state index in [0.29, 0.717) is 34.2 Å². The molecule has 0 radical (unpaired) electrons. The van der Waals surface area contributed by atoms with Gasteiger partial charge in [-0.2, -0.15) is 13.2 Å². The fraction of sp³-hybridized carbons (Fsp3) is 0.0339. The van der Waals surface area contributed by atoms with Crippen LogP contribution in [0.4, 0.5) is 13.2 Å². The second-order valence-corrected chi connectivity index (χ2v) is 16.8. The lowest BCUT2D eigenvalue weighted by molar-refractivity contribution is -0.137. The Hall–Kier alpha value is -8.62. The molecule has 0 amide bonds. The fourth-order valence-corrected chi connectivity index (χ4v) is 9.63. The van der Waals surface area contributed by atoms with Gasteiger partial charge in [-0.3, -0.25) is 0 Å². The van der Waals surface area contributed by atoms with Crippen molar-refractivity contribution in [2.75, 3.05) is 0 Å². The van der Waals surface area contributed by atoms with E-state index in [4.69, 9.17) is 15.0 Å². The molecule has 9 aromatic carbocycles. The summed E-state index contributed by atoms with van der Waals surface area (Å²) in [5.41, 5.74) is 11.4. The number of nitrogens with zero attached hydrogens (tertiary/aromatic N) is 5. The van der Waals surface area contributed by atoms with Crippen molar-refractivity contribution in [3.63, 3.8) is 0 Å². The molecule has 0 bridgehead atoms. The molecular weight excluding hydrogens is 836 g/mol. The number of hydrogen-bond donors (Lipinski definition) is 0. The SMILES string of the molecule is Cc1cc(-c2ccc3c(c2)c2ccccc2n3-c2ccc(-c3cccc4c5ccccc5n(-c5ccccc5)c34)cc2-c2nc(-c3ccccc3)nc(-c3ccccc3)n2)cc(C(F)(F)F)c1. The molecule has 5 nitrogen and oxygen atoms in total. The van der Waals surface area contributed by atoms with E-state index in [9.17, 15) is 13.2 Å². The fourth-order valence-electron chi connectivity index (χ4n) is 9.63. The Bertz CT molecular complexity index is 3800. The topological polar surface area (TPSA) is 48.5 Å². The first-order chi connectivity index (χ1) is 32.8. The minimum atomic E-state index is -4.47. The maximum Gasteiger partial charge on any atom is 0.416 e. The van der Waals surface area contributed by atoms with Crippen LogP contribution in [0.3, 0.4) is 0 Å². The number of halogens is 3. The average Bonchev–Trinajstić information content (AvgIpc) is 3.89. The van der Waals surface area contributed by atoms with E-state index < -0.39 is 11.7 Å². The molecule has 0 saturated heterocycles. The Morgan fingerprint density at radius 3 is 1.60 bits per heavy atom. The highest BCUT2D eigenvalue weighted by molar-refractivity contribution is 6.14. The Labute approximate surface area is 383 Å². The minimum Gasteiger partial charge on any atom is -0.309 e. The minimum absolute atomic E-state index is 0.488. The van der Waals surface area contributed by atoms with E-state index in [1.807, 2.05) is 97.1 Å². The van der Waals surface area contributed by atoms with Crippen molar-refractivity contribution in [2.24, 2.45) is 0 Å². The van der Waals surface area contributed by atoms with Gasteiger partial charge in [0, 0.05) is 49.5 Å². The van der Waals surface area contributed by atoms with Crippen LogP contribution in [0.15, 0.2) is 212 Å². The zero-order valence-electron chi connectivity index (χ0n) is 36.1. The highest BCUT2D eigenvalue weighted by Crippen LogP contribution is 2.43. The van der Waals surface area contributed by atoms with Crippen molar-refractivity contribution < 1.29 is 13.2 Å². The van der Waals surface area contributed by atoms with Crippen molar-refractivity contribution >= 4 is 43.6 Å². The number of hydrogen-bond acceptors (Lipinski definition) is 3. The van der Waals surface area contributed by atoms with Gasteiger partial charge in [-0.05, 0) is 89.8 Å². The smallest absolute Gasteiger partial charge is 0.309 e. The molecule has 0 aliphatic carbocycles. The predicted molar refractivity (Wildman–Crippen MR) is 265 cm³/mol. The zero-order valence-corrected chi connectivity index (χ0v) is 36.1. The second kappa shape index (κ2) is 15.8. The van der Waals surface area contributed by atoms with E-state index in [1.54, 1.807) is 13.0 Å². The first-order valence-corrected chi connectivity index (χ1v) is 22.1. The summed E-state index contributed by atoms with van der Waals surface area (Å²) in [6.07, 6.45) is -4.47. The lowest BCUT2D eigenvalue weighted by Gasteiger charge is -2.17. The van der Waals surface area contributed by atoms with Gasteiger partial charge in [-0.25, -0.2) is 15.0 Å². The first-order valence-electron chi connectivity index (χ1n) is 22.1. The van der Waals surface area contributed by atoms with E-state index in [-0.39, 0.29) is 0 Å². The highest BCUT2D eigenvalue weighted by atomic mass is 19.4. The summed E-state index contributed by atoms with van der Waals surface area (Å²) in [6, 6.07) is 70.1. The van der Waals surface area contributed by atoms with E-state index in [0.717, 1.165) is 82.8 Å². The second-order valence-electron chi connectivity index (χ2n) is 16.8. The van der Waals surface area contributed by atoms with Crippen LogP contribution in [0.1, 0.15) is 11.1 Å². The van der Waals surface area contributed by atoms with Gasteiger partial charge in [0.25, 0.3) is 0 Å². The molecule has 67 heavy (non-hydrogen) atoms. The molecule has 0 spiro atoms. The summed E-state index contributed by atoms with van der Waals surface area (Å²) < 4.78 is 46.8. The van der Waals surface area contributed by atoms with Gasteiger partial charge in [0.05, 0.1) is 33.3 Å². The number of benzene rings is 9. The normalized spacial score (nSPS) is 11.9. The van der Waals surface area contributed by atoms with Gasteiger partial charge in [0.2, 0.25) is 0 Å². The summed E-state index contributed by atoms with van der Waals surface area (Å²) in [5.74, 6) is 1.56. The summed E-state index contributed by atoms with van der Waals surface area (Å²) >= 11 is 0. The Morgan fingerprint density at radius 2 is 0.925 bits per heavy atom. The maximum atomic E-state index is 14.1. The summed E-state index contributed by atoms with van der Waals surface area (Å²) in [4.78, 5) is 15.6. The van der Waals surface area contributed by atoms with Gasteiger partial charge >= 0.3 is 6.18 Å². The third-order valence-electron chi connectivity index (χ3n) is 12.6. The number of rotatable bonds is 7. The lowest BCUT2D eigenvalue weighted by atomic mass is 9.98. The van der Waals surface area contributed by atoms with E-state index in [2.05, 4.69) is 106 Å². The van der Waals surface area contributed by atoms with Crippen LogP contribution >= 0.6 is 0 Å². The number of aromatic nitrogens is 5. The standard InChI is InChI=1S/C59H38F3N5/c1-37-32-42(34-43(33-37)59(60,61)62)40-28-30-53-49(35-40)47-23-12-14-27-52(47)67(53)54-31-29-41(45-24-15-25-48-46-22-11-13-26-51(46)66(55(45)48)44-20-9-4-10-21-44)36-50(54)58-64-56(38-16-5-2-6-17-38)63-57(65-58)39-18-7-3-8-19-39/h2-36H,1H3. The Kier molecular flexibility index (Phi) is 9.43. The Balaban J connectivity index is 1.15. The number of aryl methyl sites for hydroxylation is 1. The third-order valence-corrected chi connectivity index (χ3v) is 12.6. The predicted octanol–water partition coefficient (Wildman–Crippen LogP) is 15.7. The molecular formula is C59H38F3N5. The summed E-state index contributed by atoms with van der Waals surface area (Å²) in [6.45, 7) is 1.70. The van der Waals surface area contributed by atoms with Crippen LogP contribution in [-0.4, -0.2) is 24.1 Å². The van der Waals surface area contributed by atoms with Crippen LogP contribution < -0.4 is 0 Å². The highest BCUT2D eigenvalue weighted by Gasteiger charge is 2.31. The van der Waals surface area contributed by atoms with Crippen LogP contribution in [0, 0.1) is 6.92 Å². The molecule has 320 valence electrons. The van der Waals surface area contributed by atoms with Gasteiger partial charge in [-0.15, -0.1) is 0 Å².